The number of cyclic esters (lactones) is 1. The van der Waals surface area contributed by atoms with Gasteiger partial charge in [0, 0.05) is 10.6 Å². The number of nitrogens with zero attached hydrogens (tertiary/aromatic N) is 1. The Morgan fingerprint density at radius 2 is 1.92 bits per heavy atom. The summed E-state index contributed by atoms with van der Waals surface area (Å²) in [6.45, 7) is 2.64. The van der Waals surface area contributed by atoms with Crippen molar-refractivity contribution < 1.29 is 19.0 Å². The normalized spacial score (nSPS) is 15.0. The molecule has 0 bridgehead atoms. The topological polar surface area (TPSA) is 57.1 Å². The maximum atomic E-state index is 12.1. The Morgan fingerprint density at radius 3 is 2.62 bits per heavy atom. The van der Waals surface area contributed by atoms with Crippen molar-refractivity contribution in [1.29, 1.82) is 0 Å². The molecule has 0 radical (unpaired) electrons. The van der Waals surface area contributed by atoms with Crippen LogP contribution in [0.25, 0.3) is 6.08 Å². The van der Waals surface area contributed by atoms with Crippen LogP contribution >= 0.6 is 11.6 Å². The summed E-state index contributed by atoms with van der Waals surface area (Å²) in [6, 6.07) is 12.4. The molecule has 0 saturated carbocycles. The molecular formula is C20H18ClNO4. The monoisotopic (exact) mass is 371 g/mol. The molecular weight excluding hydrogens is 354 g/mol. The van der Waals surface area contributed by atoms with Crippen molar-refractivity contribution in [3.8, 4) is 11.5 Å². The third kappa shape index (κ3) is 4.06. The van der Waals surface area contributed by atoms with E-state index in [1.807, 2.05) is 19.1 Å². The first kappa shape index (κ1) is 18.0. The number of rotatable bonds is 6. The van der Waals surface area contributed by atoms with Crippen molar-refractivity contribution in [2.75, 3.05) is 13.7 Å². The Kier molecular flexibility index (Phi) is 5.58. The lowest BCUT2D eigenvalue weighted by atomic mass is 10.1. The van der Waals surface area contributed by atoms with E-state index in [1.165, 1.54) is 0 Å². The summed E-state index contributed by atoms with van der Waals surface area (Å²) in [6.07, 6.45) is 2.56. The van der Waals surface area contributed by atoms with Gasteiger partial charge in [0.2, 0.25) is 5.90 Å². The third-order valence-corrected chi connectivity index (χ3v) is 3.92. The summed E-state index contributed by atoms with van der Waals surface area (Å²) in [7, 11) is 1.58. The van der Waals surface area contributed by atoms with Crippen molar-refractivity contribution in [2.24, 2.45) is 4.99 Å². The van der Waals surface area contributed by atoms with Crippen LogP contribution in [0, 0.1) is 0 Å². The van der Waals surface area contributed by atoms with E-state index < -0.39 is 5.97 Å². The highest BCUT2D eigenvalue weighted by Gasteiger charge is 2.24. The maximum absolute atomic E-state index is 12.1. The molecule has 134 valence electrons. The van der Waals surface area contributed by atoms with E-state index in [-0.39, 0.29) is 11.6 Å². The van der Waals surface area contributed by atoms with Crippen molar-refractivity contribution in [3.63, 3.8) is 0 Å². The zero-order chi connectivity index (χ0) is 18.5. The first-order valence-electron chi connectivity index (χ1n) is 8.20. The second-order valence-electron chi connectivity index (χ2n) is 5.60. The van der Waals surface area contributed by atoms with E-state index in [2.05, 4.69) is 4.99 Å². The smallest absolute Gasteiger partial charge is 0.363 e. The fourth-order valence-electron chi connectivity index (χ4n) is 2.39. The molecule has 5 nitrogen and oxygen atoms in total. The number of methoxy groups -OCH3 is 1. The Balaban J connectivity index is 1.86. The first-order chi connectivity index (χ1) is 12.6. The Labute approximate surface area is 156 Å². The second kappa shape index (κ2) is 8.06. The number of hydrogen-bond acceptors (Lipinski definition) is 5. The standard InChI is InChI=1S/C20H18ClNO4/c1-3-10-25-17-9-4-13(12-18(17)24-2)11-16-20(23)26-19(22-16)14-5-7-15(21)8-6-14/h4-9,11-12H,3,10H2,1-2H3. The van der Waals surface area contributed by atoms with Crippen LogP contribution < -0.4 is 9.47 Å². The lowest BCUT2D eigenvalue weighted by Gasteiger charge is -2.10. The minimum Gasteiger partial charge on any atom is -0.493 e. The molecule has 0 amide bonds. The average Bonchev–Trinajstić information content (AvgIpc) is 3.01. The molecule has 0 atom stereocenters. The molecule has 0 N–H and O–H groups in total. The Hall–Kier alpha value is -2.79. The van der Waals surface area contributed by atoms with E-state index >= 15 is 0 Å². The van der Waals surface area contributed by atoms with E-state index in [0.29, 0.717) is 28.7 Å². The molecule has 0 saturated heterocycles. The van der Waals surface area contributed by atoms with E-state index in [0.717, 1.165) is 12.0 Å². The zero-order valence-electron chi connectivity index (χ0n) is 14.5. The van der Waals surface area contributed by atoms with Crippen LogP contribution in [0.1, 0.15) is 24.5 Å². The van der Waals surface area contributed by atoms with Crippen LogP contribution in [0.3, 0.4) is 0 Å². The van der Waals surface area contributed by atoms with E-state index in [1.54, 1.807) is 43.5 Å². The quantitative estimate of drug-likeness (QED) is 0.555. The molecule has 0 aliphatic carbocycles. The van der Waals surface area contributed by atoms with Gasteiger partial charge in [-0.1, -0.05) is 24.6 Å². The number of esters is 1. The molecule has 26 heavy (non-hydrogen) atoms. The van der Waals surface area contributed by atoms with Crippen LogP contribution in [-0.2, 0) is 9.53 Å². The van der Waals surface area contributed by atoms with E-state index in [4.69, 9.17) is 25.8 Å². The predicted octanol–water partition coefficient (Wildman–Crippen LogP) is 4.48. The lowest BCUT2D eigenvalue weighted by molar-refractivity contribution is -0.129. The van der Waals surface area contributed by atoms with Crippen molar-refractivity contribution in [1.82, 2.24) is 0 Å². The average molecular weight is 372 g/mol. The van der Waals surface area contributed by atoms with Crippen molar-refractivity contribution >= 4 is 29.5 Å². The minimum atomic E-state index is -0.500. The summed E-state index contributed by atoms with van der Waals surface area (Å²) in [5.41, 5.74) is 1.67. The summed E-state index contributed by atoms with van der Waals surface area (Å²) in [5, 5.41) is 0.604. The largest absolute Gasteiger partial charge is 0.493 e. The number of carbonyl (C=O) groups is 1. The maximum Gasteiger partial charge on any atom is 0.363 e. The molecule has 0 spiro atoms. The fraction of sp³-hybridized carbons (Fsp3) is 0.200. The summed E-state index contributed by atoms with van der Waals surface area (Å²) in [4.78, 5) is 16.4. The third-order valence-electron chi connectivity index (χ3n) is 3.66. The molecule has 0 aromatic heterocycles. The number of aliphatic imine (C=N–C) groups is 1. The first-order valence-corrected chi connectivity index (χ1v) is 8.58. The number of carbonyl (C=O) groups excluding carboxylic acids is 1. The van der Waals surface area contributed by atoms with Gasteiger partial charge in [-0.2, -0.15) is 0 Å². The van der Waals surface area contributed by atoms with Gasteiger partial charge in [-0.3, -0.25) is 0 Å². The van der Waals surface area contributed by atoms with Gasteiger partial charge >= 0.3 is 5.97 Å². The van der Waals surface area contributed by atoms with Gasteiger partial charge in [0.15, 0.2) is 17.2 Å². The van der Waals surface area contributed by atoms with E-state index in [9.17, 15) is 4.79 Å². The fourth-order valence-corrected chi connectivity index (χ4v) is 2.51. The highest BCUT2D eigenvalue weighted by Crippen LogP contribution is 2.30. The van der Waals surface area contributed by atoms with Gasteiger partial charge in [-0.05, 0) is 54.5 Å². The van der Waals surface area contributed by atoms with Gasteiger partial charge in [-0.15, -0.1) is 0 Å². The van der Waals surface area contributed by atoms with Crippen molar-refractivity contribution in [3.05, 3.63) is 64.3 Å². The van der Waals surface area contributed by atoms with Gasteiger partial charge < -0.3 is 14.2 Å². The lowest BCUT2D eigenvalue weighted by Crippen LogP contribution is -2.05. The Morgan fingerprint density at radius 1 is 1.15 bits per heavy atom. The number of hydrogen-bond donors (Lipinski definition) is 0. The van der Waals surface area contributed by atoms with Crippen molar-refractivity contribution in [2.45, 2.75) is 13.3 Å². The molecule has 1 aliphatic rings. The van der Waals surface area contributed by atoms with Crippen LogP contribution in [0.5, 0.6) is 11.5 Å². The molecule has 0 fully saturated rings. The highest BCUT2D eigenvalue weighted by atomic mass is 35.5. The molecule has 1 heterocycles. The second-order valence-corrected chi connectivity index (χ2v) is 6.04. The van der Waals surface area contributed by atoms with Crippen LogP contribution in [0.2, 0.25) is 5.02 Å². The molecule has 0 unspecified atom stereocenters. The predicted molar refractivity (Wildman–Crippen MR) is 101 cm³/mol. The molecule has 3 rings (SSSR count). The number of benzene rings is 2. The molecule has 2 aromatic rings. The van der Waals surface area contributed by atoms with Crippen LogP contribution in [0.4, 0.5) is 0 Å². The number of ether oxygens (including phenoxy) is 3. The Bertz CT molecular complexity index is 872. The molecule has 6 heteroatoms. The zero-order valence-corrected chi connectivity index (χ0v) is 15.2. The molecule has 1 aliphatic heterocycles. The van der Waals surface area contributed by atoms with Crippen LogP contribution in [0.15, 0.2) is 53.2 Å². The minimum absolute atomic E-state index is 0.222. The molecule has 2 aromatic carbocycles. The van der Waals surface area contributed by atoms with Gasteiger partial charge in [-0.25, -0.2) is 9.79 Å². The van der Waals surface area contributed by atoms with Gasteiger partial charge in [0.1, 0.15) is 0 Å². The SMILES string of the molecule is CCCOc1ccc(C=C2N=C(c3ccc(Cl)cc3)OC2=O)cc1OC. The highest BCUT2D eigenvalue weighted by molar-refractivity contribution is 6.30. The van der Waals surface area contributed by atoms with Gasteiger partial charge in [0.05, 0.1) is 13.7 Å². The van der Waals surface area contributed by atoms with Crippen LogP contribution in [-0.4, -0.2) is 25.6 Å². The van der Waals surface area contributed by atoms with Gasteiger partial charge in [0.25, 0.3) is 0 Å². The summed E-state index contributed by atoms with van der Waals surface area (Å²) in [5.74, 6) is 1.02. The summed E-state index contributed by atoms with van der Waals surface area (Å²) >= 11 is 5.87. The summed E-state index contributed by atoms with van der Waals surface area (Å²) < 4.78 is 16.2. The number of halogens is 1.